The molecular weight excluding hydrogens is 630 g/mol. The highest BCUT2D eigenvalue weighted by molar-refractivity contribution is 7.92. The fraction of sp³-hybridized carbons (Fsp3) is 0.323. The van der Waals surface area contributed by atoms with Crippen LogP contribution in [0.5, 0.6) is 0 Å². The van der Waals surface area contributed by atoms with Gasteiger partial charge in [-0.25, -0.2) is 21.9 Å². The number of sulfone groups is 1. The summed E-state index contributed by atoms with van der Waals surface area (Å²) in [5, 5.41) is 39.8. The van der Waals surface area contributed by atoms with Crippen LogP contribution in [0.1, 0.15) is 47.8 Å². The van der Waals surface area contributed by atoms with Crippen molar-refractivity contribution in [1.82, 2.24) is 14.8 Å². The fourth-order valence-corrected chi connectivity index (χ4v) is 9.08. The first kappa shape index (κ1) is 31.2. The molecule has 2 aromatic carbocycles. The topological polar surface area (TPSA) is 155 Å². The molecule has 10 nitrogen and oxygen atoms in total. The molecule has 0 aliphatic heterocycles. The van der Waals surface area contributed by atoms with Gasteiger partial charge in [-0.15, -0.1) is 0 Å². The van der Waals surface area contributed by atoms with Crippen molar-refractivity contribution < 1.29 is 37.3 Å². The van der Waals surface area contributed by atoms with Crippen LogP contribution in [0.25, 0.3) is 5.69 Å². The first-order chi connectivity index (χ1) is 21.4. The lowest BCUT2D eigenvalue weighted by Crippen LogP contribution is -2.57. The average Bonchev–Trinajstić information content (AvgIpc) is 3.60. The van der Waals surface area contributed by atoms with E-state index in [-0.39, 0.29) is 39.7 Å². The Morgan fingerprint density at radius 3 is 2.42 bits per heavy atom. The summed E-state index contributed by atoms with van der Waals surface area (Å²) in [6.07, 6.45) is 2.39. The molecule has 2 saturated carbocycles. The zero-order valence-electron chi connectivity index (χ0n) is 23.6. The molecule has 2 bridgehead atoms. The van der Waals surface area contributed by atoms with E-state index < -0.39 is 62.3 Å². The Bertz CT molecular complexity index is 1840. The minimum atomic E-state index is -4.14. The highest BCUT2D eigenvalue weighted by atomic mass is 35.5. The second-order valence-corrected chi connectivity index (χ2v) is 14.1. The molecule has 2 heterocycles. The van der Waals surface area contributed by atoms with Gasteiger partial charge in [-0.05, 0) is 86.1 Å². The quantitative estimate of drug-likeness (QED) is 0.219. The largest absolute Gasteiger partial charge is 0.387 e. The molecule has 236 valence electrons. The van der Waals surface area contributed by atoms with Gasteiger partial charge < -0.3 is 20.6 Å². The molecule has 4 unspecified atom stereocenters. The Labute approximate surface area is 262 Å². The summed E-state index contributed by atoms with van der Waals surface area (Å²) in [5.74, 6) is -4.31. The summed E-state index contributed by atoms with van der Waals surface area (Å²) in [7, 11) is -4.14. The second kappa shape index (κ2) is 11.9. The third-order valence-corrected chi connectivity index (χ3v) is 11.6. The predicted octanol–water partition coefficient (Wildman–Crippen LogP) is 4.24. The molecule has 2 aromatic heterocycles. The van der Waals surface area contributed by atoms with Gasteiger partial charge in [0.15, 0.2) is 21.5 Å². The lowest BCUT2D eigenvalue weighted by molar-refractivity contribution is -0.178. The minimum Gasteiger partial charge on any atom is -0.387 e. The van der Waals surface area contributed by atoms with Crippen LogP contribution in [0.15, 0.2) is 78.1 Å². The highest BCUT2D eigenvalue weighted by Gasteiger charge is 2.60. The fourth-order valence-electron chi connectivity index (χ4n) is 6.68. The van der Waals surface area contributed by atoms with Crippen molar-refractivity contribution in [3.8, 4) is 5.69 Å². The van der Waals surface area contributed by atoms with Crippen LogP contribution in [0.4, 0.5) is 14.5 Å². The van der Waals surface area contributed by atoms with Crippen molar-refractivity contribution in [2.75, 3.05) is 5.32 Å². The van der Waals surface area contributed by atoms with Gasteiger partial charge in [-0.1, -0.05) is 11.6 Å². The van der Waals surface area contributed by atoms with Gasteiger partial charge in [0.2, 0.25) is 0 Å². The Morgan fingerprint density at radius 2 is 1.76 bits per heavy atom. The molecule has 2 aliphatic carbocycles. The summed E-state index contributed by atoms with van der Waals surface area (Å²) < 4.78 is 56.3. The van der Waals surface area contributed by atoms with Crippen LogP contribution < -0.4 is 5.32 Å². The van der Waals surface area contributed by atoms with Crippen molar-refractivity contribution in [2.24, 2.45) is 11.8 Å². The van der Waals surface area contributed by atoms with E-state index in [0.29, 0.717) is 18.5 Å². The molecule has 2 fully saturated rings. The summed E-state index contributed by atoms with van der Waals surface area (Å²) in [5.41, 5.74) is -1.14. The standard InChI is InChI=1S/C31H29ClF2N4O6S/c32-23-6-2-17(30(41)37-20-5-7-24(33)25(34)15-20)12-27(23)45(43,44)22-13-18-3-4-19(14-22)31(18,42)29(40)28(39)26-16-21(8-10-35-26)38-11-1-9-36-38/h1-2,5-12,15-16,18-19,22,28-29,39-40,42H,3-4,13-14H2,(H,37,41). The smallest absolute Gasteiger partial charge is 0.255 e. The van der Waals surface area contributed by atoms with Crippen molar-refractivity contribution in [2.45, 2.75) is 53.6 Å². The van der Waals surface area contributed by atoms with Crippen molar-refractivity contribution >= 4 is 33.0 Å². The third kappa shape index (κ3) is 5.63. The predicted molar refractivity (Wildman–Crippen MR) is 159 cm³/mol. The van der Waals surface area contributed by atoms with Crippen molar-refractivity contribution in [3.05, 3.63) is 101 Å². The Hall–Kier alpha value is -3.75. The number of halogens is 3. The van der Waals surface area contributed by atoms with Gasteiger partial charge in [0.1, 0.15) is 12.2 Å². The van der Waals surface area contributed by atoms with E-state index in [0.717, 1.165) is 18.2 Å². The number of amides is 1. The van der Waals surface area contributed by atoms with Crippen molar-refractivity contribution in [3.63, 3.8) is 0 Å². The van der Waals surface area contributed by atoms with Crippen LogP contribution in [0.2, 0.25) is 5.02 Å². The summed E-state index contributed by atoms with van der Waals surface area (Å²) >= 11 is 6.32. The number of pyridine rings is 1. The molecule has 4 N–H and O–H groups in total. The van der Waals surface area contributed by atoms with Crippen LogP contribution in [0, 0.1) is 23.5 Å². The molecule has 0 spiro atoms. The number of anilines is 1. The number of carbonyl (C=O) groups is 1. The molecular formula is C31H29ClF2N4O6S. The average molecular weight is 659 g/mol. The van der Waals surface area contributed by atoms with E-state index in [1.54, 1.807) is 35.3 Å². The maximum atomic E-state index is 13.9. The van der Waals surface area contributed by atoms with Crippen molar-refractivity contribution in [1.29, 1.82) is 0 Å². The lowest BCUT2D eigenvalue weighted by atomic mass is 9.69. The molecule has 14 heteroatoms. The van der Waals surface area contributed by atoms with Crippen LogP contribution in [-0.2, 0) is 9.84 Å². The first-order valence-electron chi connectivity index (χ1n) is 14.2. The van der Waals surface area contributed by atoms with Gasteiger partial charge in [-0.2, -0.15) is 5.10 Å². The summed E-state index contributed by atoms with van der Waals surface area (Å²) in [6, 6.07) is 11.5. The Kier molecular flexibility index (Phi) is 8.25. The first-order valence-corrected chi connectivity index (χ1v) is 16.2. The number of rotatable bonds is 8. The molecule has 6 rings (SSSR count). The minimum absolute atomic E-state index is 0.0124. The molecule has 4 atom stereocenters. The van der Waals surface area contributed by atoms with E-state index in [4.69, 9.17) is 11.6 Å². The number of nitrogens with one attached hydrogen (secondary N) is 1. The second-order valence-electron chi connectivity index (χ2n) is 11.5. The zero-order chi connectivity index (χ0) is 32.1. The number of hydrogen-bond donors (Lipinski definition) is 4. The Balaban J connectivity index is 1.21. The normalized spacial score (nSPS) is 24.3. The number of aliphatic hydroxyl groups is 3. The van der Waals surface area contributed by atoms with Gasteiger partial charge in [0.25, 0.3) is 5.91 Å². The summed E-state index contributed by atoms with van der Waals surface area (Å²) in [4.78, 5) is 16.8. The maximum Gasteiger partial charge on any atom is 0.255 e. The summed E-state index contributed by atoms with van der Waals surface area (Å²) in [6.45, 7) is 0. The number of fused-ring (bicyclic) bond motifs is 2. The van der Waals surface area contributed by atoms with Crippen LogP contribution >= 0.6 is 11.6 Å². The molecule has 2 aliphatic rings. The number of benzene rings is 2. The maximum absolute atomic E-state index is 13.9. The van der Waals surface area contributed by atoms with E-state index in [1.165, 1.54) is 24.4 Å². The van der Waals surface area contributed by atoms with E-state index in [9.17, 15) is 37.3 Å². The van der Waals surface area contributed by atoms with Gasteiger partial charge in [-0.3, -0.25) is 9.78 Å². The number of hydrogen-bond acceptors (Lipinski definition) is 8. The van der Waals surface area contributed by atoms with Crippen LogP contribution in [-0.4, -0.2) is 61.4 Å². The van der Waals surface area contributed by atoms with Gasteiger partial charge in [0, 0.05) is 35.9 Å². The third-order valence-electron chi connectivity index (χ3n) is 8.99. The van der Waals surface area contributed by atoms with Gasteiger partial charge >= 0.3 is 0 Å². The highest BCUT2D eigenvalue weighted by Crippen LogP contribution is 2.55. The monoisotopic (exact) mass is 658 g/mol. The van der Waals surface area contributed by atoms with Gasteiger partial charge in [0.05, 0.1) is 32.2 Å². The van der Waals surface area contributed by atoms with E-state index in [1.807, 2.05) is 0 Å². The Morgan fingerprint density at radius 1 is 1.02 bits per heavy atom. The molecule has 4 aromatic rings. The molecule has 45 heavy (non-hydrogen) atoms. The molecule has 0 saturated heterocycles. The van der Waals surface area contributed by atoms with E-state index in [2.05, 4.69) is 15.4 Å². The number of aromatic nitrogens is 3. The molecule has 1 amide bonds. The zero-order valence-corrected chi connectivity index (χ0v) is 25.2. The van der Waals surface area contributed by atoms with Crippen LogP contribution in [0.3, 0.4) is 0 Å². The lowest BCUT2D eigenvalue weighted by Gasteiger charge is -2.46. The SMILES string of the molecule is O=C(Nc1ccc(F)c(F)c1)c1ccc(Cl)c(S(=O)(=O)C2CC3CCC(C2)C3(O)C(O)C(O)c2cc(-n3cccn3)ccn2)c1. The molecule has 0 radical (unpaired) electrons. The van der Waals surface area contributed by atoms with E-state index >= 15 is 0 Å². The number of carbonyl (C=O) groups excluding carboxylic acids is 1. The number of aliphatic hydroxyl groups excluding tert-OH is 2. The number of nitrogens with zero attached hydrogens (tertiary/aromatic N) is 3.